The van der Waals surface area contributed by atoms with Crippen molar-refractivity contribution in [3.8, 4) is 0 Å². The third kappa shape index (κ3) is 5.90. The van der Waals surface area contributed by atoms with Crippen molar-refractivity contribution in [1.82, 2.24) is 5.43 Å². The van der Waals surface area contributed by atoms with E-state index in [4.69, 9.17) is 4.42 Å². The van der Waals surface area contributed by atoms with Crippen LogP contribution in [0.1, 0.15) is 28.6 Å². The fourth-order valence-corrected chi connectivity index (χ4v) is 2.28. The van der Waals surface area contributed by atoms with Gasteiger partial charge in [0.1, 0.15) is 0 Å². The smallest absolute Gasteiger partial charge is 0.453 e. The van der Waals surface area contributed by atoms with Crippen LogP contribution >= 0.6 is 0 Å². The third-order valence-corrected chi connectivity index (χ3v) is 3.76. The molecule has 29 heavy (non-hydrogen) atoms. The van der Waals surface area contributed by atoms with Crippen LogP contribution in [-0.2, 0) is 4.84 Å². The summed E-state index contributed by atoms with van der Waals surface area (Å²) in [6.45, 7) is 1.73. The maximum absolute atomic E-state index is 11.9. The lowest BCUT2D eigenvalue weighted by Gasteiger charge is -2.05. The van der Waals surface area contributed by atoms with Gasteiger partial charge >= 0.3 is 6.09 Å². The monoisotopic (exact) mass is 390 g/mol. The second-order valence-electron chi connectivity index (χ2n) is 5.84. The van der Waals surface area contributed by atoms with E-state index in [2.05, 4.69) is 25.8 Å². The molecule has 0 saturated heterocycles. The number of benzene rings is 2. The summed E-state index contributed by atoms with van der Waals surface area (Å²) >= 11 is 0. The zero-order chi connectivity index (χ0) is 20.5. The Bertz CT molecular complexity index is 1010. The second kappa shape index (κ2) is 9.65. The first-order chi connectivity index (χ1) is 14.1. The van der Waals surface area contributed by atoms with Gasteiger partial charge in [0.15, 0.2) is 5.76 Å². The minimum absolute atomic E-state index is 0.226. The first-order valence-electron chi connectivity index (χ1n) is 8.67. The molecule has 1 aromatic heterocycles. The summed E-state index contributed by atoms with van der Waals surface area (Å²) in [6.07, 6.45) is 2.05. The molecule has 0 aliphatic rings. The predicted molar refractivity (Wildman–Crippen MR) is 109 cm³/mol. The van der Waals surface area contributed by atoms with Crippen molar-refractivity contribution in [2.45, 2.75) is 6.92 Å². The number of hydrogen-bond donors (Lipinski definition) is 2. The SMILES string of the molecule is C/C(=N\NC(=O)O/N=C/c1ccccc1)c1ccc(NC(=O)c2ccco2)cc1. The summed E-state index contributed by atoms with van der Waals surface area (Å²) in [5.74, 6) is -0.113. The van der Waals surface area contributed by atoms with E-state index in [9.17, 15) is 9.59 Å². The third-order valence-electron chi connectivity index (χ3n) is 3.76. The Morgan fingerprint density at radius 1 is 1.00 bits per heavy atom. The van der Waals surface area contributed by atoms with Gasteiger partial charge in [-0.25, -0.2) is 10.2 Å². The molecule has 2 N–H and O–H groups in total. The number of nitrogens with zero attached hydrogens (tertiary/aromatic N) is 2. The van der Waals surface area contributed by atoms with E-state index >= 15 is 0 Å². The molecule has 8 nitrogen and oxygen atoms in total. The topological polar surface area (TPSA) is 105 Å². The molecule has 2 amide bonds. The number of carbonyl (C=O) groups excluding carboxylic acids is 2. The predicted octanol–water partition coefficient (Wildman–Crippen LogP) is 4.02. The van der Waals surface area contributed by atoms with Gasteiger partial charge in [-0.05, 0) is 42.3 Å². The molecule has 0 aliphatic heterocycles. The lowest BCUT2D eigenvalue weighted by Crippen LogP contribution is -2.18. The maximum atomic E-state index is 11.9. The highest BCUT2D eigenvalue weighted by molar-refractivity contribution is 6.03. The van der Waals surface area contributed by atoms with Crippen molar-refractivity contribution < 1.29 is 18.8 Å². The Hall–Kier alpha value is -4.20. The number of furan rings is 1. The van der Waals surface area contributed by atoms with Gasteiger partial charge in [0.05, 0.1) is 18.2 Å². The number of anilines is 1. The van der Waals surface area contributed by atoms with Crippen molar-refractivity contribution in [3.63, 3.8) is 0 Å². The van der Waals surface area contributed by atoms with Crippen LogP contribution in [0.3, 0.4) is 0 Å². The molecule has 3 rings (SSSR count). The molecule has 146 valence electrons. The normalized spacial score (nSPS) is 11.3. The van der Waals surface area contributed by atoms with Crippen molar-refractivity contribution in [2.75, 3.05) is 5.32 Å². The van der Waals surface area contributed by atoms with E-state index in [0.717, 1.165) is 11.1 Å². The van der Waals surface area contributed by atoms with Gasteiger partial charge in [0.2, 0.25) is 0 Å². The van der Waals surface area contributed by atoms with E-state index < -0.39 is 6.09 Å². The lowest BCUT2D eigenvalue weighted by atomic mass is 10.1. The first-order valence-corrected chi connectivity index (χ1v) is 8.67. The van der Waals surface area contributed by atoms with Crippen LogP contribution in [0.15, 0.2) is 87.7 Å². The summed E-state index contributed by atoms with van der Waals surface area (Å²) in [6, 6.07) is 19.4. The molecule has 8 heteroatoms. The molecule has 0 atom stereocenters. The van der Waals surface area contributed by atoms with E-state index in [1.54, 1.807) is 43.3 Å². The lowest BCUT2D eigenvalue weighted by molar-refractivity contribution is 0.0996. The minimum Gasteiger partial charge on any atom is -0.459 e. The zero-order valence-electron chi connectivity index (χ0n) is 15.5. The number of nitrogens with one attached hydrogen (secondary N) is 2. The van der Waals surface area contributed by atoms with Gasteiger partial charge in [-0.2, -0.15) is 5.10 Å². The van der Waals surface area contributed by atoms with Crippen LogP contribution in [0.4, 0.5) is 10.5 Å². The Morgan fingerprint density at radius 2 is 1.76 bits per heavy atom. The number of hydrazone groups is 1. The first kappa shape index (κ1) is 19.6. The summed E-state index contributed by atoms with van der Waals surface area (Å²) in [5, 5.41) is 10.3. The van der Waals surface area contributed by atoms with Crippen LogP contribution in [0.2, 0.25) is 0 Å². The maximum Gasteiger partial charge on any atom is 0.453 e. The molecule has 0 unspecified atom stereocenters. The molecule has 0 aliphatic carbocycles. The highest BCUT2D eigenvalue weighted by Crippen LogP contribution is 2.12. The molecular weight excluding hydrogens is 372 g/mol. The van der Waals surface area contributed by atoms with Crippen LogP contribution in [0, 0.1) is 0 Å². The Balaban J connectivity index is 1.50. The minimum atomic E-state index is -0.807. The van der Waals surface area contributed by atoms with Gasteiger partial charge in [0, 0.05) is 5.69 Å². The average Bonchev–Trinajstić information content (AvgIpc) is 3.28. The number of oxime groups is 1. The van der Waals surface area contributed by atoms with Crippen molar-refractivity contribution >= 4 is 29.6 Å². The van der Waals surface area contributed by atoms with Crippen LogP contribution in [-0.4, -0.2) is 23.9 Å². The molecule has 3 aromatic rings. The van der Waals surface area contributed by atoms with Crippen LogP contribution < -0.4 is 10.7 Å². The Morgan fingerprint density at radius 3 is 2.45 bits per heavy atom. The number of hydrogen-bond acceptors (Lipinski definition) is 6. The summed E-state index contributed by atoms with van der Waals surface area (Å²) in [4.78, 5) is 28.3. The quantitative estimate of drug-likeness (QED) is 0.377. The molecule has 0 radical (unpaired) electrons. The zero-order valence-corrected chi connectivity index (χ0v) is 15.5. The van der Waals surface area contributed by atoms with Gasteiger partial charge in [-0.15, -0.1) is 0 Å². The Kier molecular flexibility index (Phi) is 6.51. The van der Waals surface area contributed by atoms with Crippen LogP contribution in [0.5, 0.6) is 0 Å². The van der Waals surface area contributed by atoms with Gasteiger partial charge < -0.3 is 9.73 Å². The Labute approximate surface area is 166 Å². The van der Waals surface area contributed by atoms with Crippen LogP contribution in [0.25, 0.3) is 0 Å². The highest BCUT2D eigenvalue weighted by atomic mass is 16.7. The molecular formula is C21H18N4O4. The largest absolute Gasteiger partial charge is 0.459 e. The number of amides is 2. The molecule has 2 aromatic carbocycles. The molecule has 0 bridgehead atoms. The second-order valence-corrected chi connectivity index (χ2v) is 5.84. The van der Waals surface area contributed by atoms with Gasteiger partial charge in [-0.1, -0.05) is 47.6 Å². The fourth-order valence-electron chi connectivity index (χ4n) is 2.28. The highest BCUT2D eigenvalue weighted by Gasteiger charge is 2.09. The van der Waals surface area contributed by atoms with Gasteiger partial charge in [0.25, 0.3) is 5.91 Å². The number of rotatable bonds is 6. The van der Waals surface area contributed by atoms with E-state index in [-0.39, 0.29) is 11.7 Å². The van der Waals surface area contributed by atoms with Crippen molar-refractivity contribution in [2.24, 2.45) is 10.3 Å². The molecule has 0 saturated carbocycles. The number of carbonyl (C=O) groups is 2. The fraction of sp³-hybridized carbons (Fsp3) is 0.0476. The summed E-state index contributed by atoms with van der Waals surface area (Å²) < 4.78 is 5.04. The molecule has 0 spiro atoms. The molecule has 0 fully saturated rings. The standard InChI is InChI=1S/C21H18N4O4/c1-15(24-25-21(27)29-22-14-16-6-3-2-4-7-16)17-9-11-18(12-10-17)23-20(26)19-8-5-13-28-19/h2-14H,1H3,(H,23,26)(H,25,27)/b22-14+,24-15+. The van der Waals surface area contributed by atoms with Crippen molar-refractivity contribution in [1.29, 1.82) is 0 Å². The average molecular weight is 390 g/mol. The van der Waals surface area contributed by atoms with E-state index in [1.165, 1.54) is 12.5 Å². The van der Waals surface area contributed by atoms with E-state index in [0.29, 0.717) is 11.4 Å². The van der Waals surface area contributed by atoms with E-state index in [1.807, 2.05) is 30.3 Å². The molecule has 1 heterocycles. The van der Waals surface area contributed by atoms with Gasteiger partial charge in [-0.3, -0.25) is 9.63 Å². The summed E-state index contributed by atoms with van der Waals surface area (Å²) in [5.41, 5.74) is 4.98. The van der Waals surface area contributed by atoms with Crippen molar-refractivity contribution in [3.05, 3.63) is 89.9 Å². The summed E-state index contributed by atoms with van der Waals surface area (Å²) in [7, 11) is 0.